The minimum absolute atomic E-state index is 0.160. The molecule has 0 aromatic rings. The van der Waals surface area contributed by atoms with Gasteiger partial charge in [0.25, 0.3) is 0 Å². The van der Waals surface area contributed by atoms with Gasteiger partial charge in [-0.1, -0.05) is 31.9 Å². The van der Waals surface area contributed by atoms with Gasteiger partial charge >= 0.3 is 12.4 Å². The Kier molecular flexibility index (Phi) is 3.07. The zero-order chi connectivity index (χ0) is 13.2. The van der Waals surface area contributed by atoms with E-state index in [0.29, 0.717) is 0 Å². The highest BCUT2D eigenvalue weighted by Crippen LogP contribution is 2.59. The molecule has 17 heavy (non-hydrogen) atoms. The summed E-state index contributed by atoms with van der Waals surface area (Å²) in [5.74, 6) is -1.54. The van der Waals surface area contributed by atoms with Crippen LogP contribution in [0.15, 0.2) is 0 Å². The first-order chi connectivity index (χ1) is 7.52. The van der Waals surface area contributed by atoms with Gasteiger partial charge in [-0.25, -0.2) is 0 Å². The van der Waals surface area contributed by atoms with Gasteiger partial charge in [-0.2, -0.15) is 26.3 Å². The summed E-state index contributed by atoms with van der Waals surface area (Å²) in [6.07, 6.45) is -10.9. The molecule has 100 valence electrons. The fourth-order valence-corrected chi connectivity index (χ4v) is 5.06. The van der Waals surface area contributed by atoms with Gasteiger partial charge < -0.3 is 0 Å². The Bertz CT molecular complexity index is 313. The average Bonchev–Trinajstić information content (AvgIpc) is 2.53. The van der Waals surface area contributed by atoms with Gasteiger partial charge in [-0.05, 0) is 6.42 Å². The number of hydrogen-bond donors (Lipinski definition) is 1. The summed E-state index contributed by atoms with van der Waals surface area (Å²) in [7, 11) is 0. The normalized spacial score (nSPS) is 40.9. The maximum absolute atomic E-state index is 12.9. The second-order valence-corrected chi connectivity index (χ2v) is 6.51. The summed E-state index contributed by atoms with van der Waals surface area (Å²) in [5.41, 5.74) is -3.79. The third-order valence-corrected chi connectivity index (χ3v) is 5.59. The van der Waals surface area contributed by atoms with Gasteiger partial charge in [-0.3, -0.25) is 5.32 Å². The Morgan fingerprint density at radius 1 is 1.00 bits per heavy atom. The Labute approximate surface area is 110 Å². The van der Waals surface area contributed by atoms with E-state index in [9.17, 15) is 26.3 Å². The van der Waals surface area contributed by atoms with Gasteiger partial charge in [0.05, 0.1) is 0 Å². The lowest BCUT2D eigenvalue weighted by molar-refractivity contribution is -0.318. The molecule has 9 heteroatoms. The lowest BCUT2D eigenvalue weighted by Crippen LogP contribution is -2.70. The van der Waals surface area contributed by atoms with Crippen molar-refractivity contribution in [3.05, 3.63) is 0 Å². The number of piperidine rings is 1. The van der Waals surface area contributed by atoms with Crippen LogP contribution in [0.2, 0.25) is 0 Å². The van der Waals surface area contributed by atoms with Crippen LogP contribution in [-0.2, 0) is 0 Å². The quantitative estimate of drug-likeness (QED) is 0.494. The van der Waals surface area contributed by atoms with Crippen molar-refractivity contribution in [3.63, 3.8) is 0 Å². The van der Waals surface area contributed by atoms with Crippen molar-refractivity contribution in [2.24, 2.45) is 5.92 Å². The van der Waals surface area contributed by atoms with E-state index in [2.05, 4.69) is 31.9 Å². The summed E-state index contributed by atoms with van der Waals surface area (Å²) in [4.78, 5) is -1.22. The molecule has 4 atom stereocenters. The maximum Gasteiger partial charge on any atom is 0.415 e. The number of rotatable bonds is 0. The summed E-state index contributed by atoms with van der Waals surface area (Å²) < 4.78 is 77.1. The minimum Gasteiger partial charge on any atom is -0.291 e. The van der Waals surface area contributed by atoms with Crippen LogP contribution >= 0.6 is 31.9 Å². The van der Waals surface area contributed by atoms with Crippen LogP contribution in [0.3, 0.4) is 0 Å². The number of nitrogens with one attached hydrogen (secondary N) is 1. The largest absolute Gasteiger partial charge is 0.415 e. The van der Waals surface area contributed by atoms with E-state index in [-0.39, 0.29) is 11.2 Å². The third-order valence-electron chi connectivity index (χ3n) is 3.44. The van der Waals surface area contributed by atoms with Crippen molar-refractivity contribution in [1.29, 1.82) is 0 Å². The molecule has 2 fully saturated rings. The lowest BCUT2D eigenvalue weighted by Gasteiger charge is -2.41. The first-order valence-electron chi connectivity index (χ1n) is 4.71. The van der Waals surface area contributed by atoms with Crippen LogP contribution in [-0.4, -0.2) is 33.6 Å². The first kappa shape index (κ1) is 13.9. The molecule has 2 bridgehead atoms. The Balaban J connectivity index is 2.48. The van der Waals surface area contributed by atoms with Crippen molar-refractivity contribution < 1.29 is 26.3 Å². The number of fused-ring (bicyclic) bond motifs is 2. The fraction of sp³-hybridized carbons (Fsp3) is 1.00. The smallest absolute Gasteiger partial charge is 0.291 e. The molecule has 0 radical (unpaired) electrons. The molecular formula is C8H7Br2F6N. The van der Waals surface area contributed by atoms with Crippen molar-refractivity contribution in [3.8, 4) is 0 Å². The molecule has 1 N–H and O–H groups in total. The maximum atomic E-state index is 12.9. The molecule has 0 unspecified atom stereocenters. The van der Waals surface area contributed by atoms with E-state index in [1.54, 1.807) is 5.32 Å². The van der Waals surface area contributed by atoms with E-state index < -0.39 is 34.7 Å². The van der Waals surface area contributed by atoms with Crippen LogP contribution in [0, 0.1) is 5.92 Å². The summed E-state index contributed by atoms with van der Waals surface area (Å²) in [6.45, 7) is 0. The van der Waals surface area contributed by atoms with Crippen LogP contribution in [0.1, 0.15) is 6.42 Å². The van der Waals surface area contributed by atoms with Crippen LogP contribution in [0.25, 0.3) is 0 Å². The predicted molar refractivity (Wildman–Crippen MR) is 55.3 cm³/mol. The Morgan fingerprint density at radius 3 is 1.71 bits per heavy atom. The molecule has 0 aromatic carbocycles. The number of halogens is 8. The second kappa shape index (κ2) is 3.75. The van der Waals surface area contributed by atoms with E-state index in [1.807, 2.05) is 0 Å². The standard InChI is InChI=1S/C8H7Br2F6N/c9-3-1-2-4(10)5(3)17-6(2,7(11,12)13)8(14,15)16/h2-5,17H,1H2/t2-,3+,4+,5+/m0/s1. The zero-order valence-electron chi connectivity index (χ0n) is 8.04. The molecule has 0 amide bonds. The average molecular weight is 391 g/mol. The highest BCUT2D eigenvalue weighted by atomic mass is 79.9. The lowest BCUT2D eigenvalue weighted by atomic mass is 9.82. The van der Waals surface area contributed by atoms with E-state index in [4.69, 9.17) is 0 Å². The van der Waals surface area contributed by atoms with Crippen LogP contribution in [0.4, 0.5) is 26.3 Å². The third kappa shape index (κ3) is 1.68. The number of alkyl halides is 8. The highest BCUT2D eigenvalue weighted by molar-refractivity contribution is 9.10. The van der Waals surface area contributed by atoms with Gasteiger partial charge in [-0.15, -0.1) is 0 Å². The van der Waals surface area contributed by atoms with E-state index >= 15 is 0 Å². The van der Waals surface area contributed by atoms with Crippen molar-refractivity contribution in [1.82, 2.24) is 5.32 Å². The number of hydrogen-bond acceptors (Lipinski definition) is 1. The Morgan fingerprint density at radius 2 is 1.47 bits per heavy atom. The van der Waals surface area contributed by atoms with Crippen LogP contribution < -0.4 is 5.32 Å². The molecule has 1 nitrogen and oxygen atoms in total. The van der Waals surface area contributed by atoms with Gasteiger partial charge in [0, 0.05) is 21.6 Å². The van der Waals surface area contributed by atoms with Crippen molar-refractivity contribution in [2.75, 3.05) is 0 Å². The SMILES string of the molecule is FC(F)(F)C1(C(F)(F)F)N[C@H]2[C@H](Br)[C@@H]1C[C@H]2Br. The monoisotopic (exact) mass is 389 g/mol. The summed E-state index contributed by atoms with van der Waals surface area (Å²) in [6, 6.07) is -0.872. The van der Waals surface area contributed by atoms with Gasteiger partial charge in [0.1, 0.15) is 0 Å². The first-order valence-corrected chi connectivity index (χ1v) is 6.55. The molecule has 1 aliphatic carbocycles. The fourth-order valence-electron chi connectivity index (χ4n) is 2.67. The highest BCUT2D eigenvalue weighted by Gasteiger charge is 2.81. The van der Waals surface area contributed by atoms with Gasteiger partial charge in [0.2, 0.25) is 5.54 Å². The molecule has 2 aliphatic rings. The summed E-state index contributed by atoms with van der Waals surface area (Å²) in [5, 5.41) is 1.74. The van der Waals surface area contributed by atoms with Crippen molar-refractivity contribution in [2.45, 2.75) is 40.0 Å². The van der Waals surface area contributed by atoms with Gasteiger partial charge in [0.15, 0.2) is 0 Å². The molecule has 1 saturated heterocycles. The zero-order valence-corrected chi connectivity index (χ0v) is 11.2. The van der Waals surface area contributed by atoms with Crippen molar-refractivity contribution >= 4 is 31.9 Å². The molecular weight excluding hydrogens is 384 g/mol. The van der Waals surface area contributed by atoms with Crippen LogP contribution in [0.5, 0.6) is 0 Å². The predicted octanol–water partition coefficient (Wildman–Crippen LogP) is 3.37. The minimum atomic E-state index is -5.36. The van der Waals surface area contributed by atoms with E-state index in [1.165, 1.54) is 0 Å². The molecule has 1 aliphatic heterocycles. The Hall–Kier alpha value is 0.500. The molecule has 1 saturated carbocycles. The molecule has 0 spiro atoms. The van der Waals surface area contributed by atoms with E-state index in [0.717, 1.165) is 0 Å². The molecule has 2 rings (SSSR count). The topological polar surface area (TPSA) is 12.0 Å². The molecule has 1 heterocycles. The molecule has 0 aromatic heterocycles. The summed E-state index contributed by atoms with van der Waals surface area (Å²) >= 11 is 6.03. The second-order valence-electron chi connectivity index (χ2n) is 4.28.